The first-order chi connectivity index (χ1) is 56.6. The average molecular weight is 1760 g/mol. The van der Waals surface area contributed by atoms with E-state index in [1.807, 2.05) is 0 Å². The Morgan fingerprint density at radius 2 is 0.597 bits per heavy atom. The zero-order chi connectivity index (χ0) is 87.5. The molecule has 0 aliphatic carbocycles. The third-order valence-corrected chi connectivity index (χ3v) is 22.9. The highest BCUT2D eigenvalue weighted by Gasteiger charge is 2.44. The molecule has 0 fully saturated rings. The van der Waals surface area contributed by atoms with E-state index in [1.54, 1.807) is 110 Å². The molecule has 5 aliphatic heterocycles. The van der Waals surface area contributed by atoms with E-state index in [9.17, 15) is 74.4 Å². The Bertz CT molecular complexity index is 4480. The van der Waals surface area contributed by atoms with Crippen molar-refractivity contribution in [3.8, 4) is 57.5 Å². The van der Waals surface area contributed by atoms with E-state index in [4.69, 9.17) is 72.2 Å². The number of carboxylic acid groups (broad SMARTS) is 3. The van der Waals surface area contributed by atoms with Gasteiger partial charge in [0.2, 0.25) is 0 Å². The second-order valence-corrected chi connectivity index (χ2v) is 31.3. The van der Waals surface area contributed by atoms with Gasteiger partial charge in [-0.15, -0.1) is 58.8 Å². The summed E-state index contributed by atoms with van der Waals surface area (Å²) >= 11 is 6.76. The van der Waals surface area contributed by atoms with Crippen LogP contribution in [-0.4, -0.2) is 299 Å². The molecular weight excluding hydrogens is 1660 g/mol. The van der Waals surface area contributed by atoms with Crippen LogP contribution in [0.2, 0.25) is 0 Å². The van der Waals surface area contributed by atoms with Crippen molar-refractivity contribution in [2.75, 3.05) is 148 Å². The van der Waals surface area contributed by atoms with Crippen LogP contribution in [-0.2, 0) is 71.5 Å². The molecule has 11 N–H and O–H groups in total. The van der Waals surface area contributed by atoms with Crippen molar-refractivity contribution in [1.29, 1.82) is 0 Å². The number of aliphatic hydroxyl groups excluding tert-OH is 2. The molecule has 5 aromatic rings. The number of rotatable bonds is 38. The Hall–Kier alpha value is -9.75. The van der Waals surface area contributed by atoms with Gasteiger partial charge in [-0.1, -0.05) is 0 Å². The fourth-order valence-corrected chi connectivity index (χ4v) is 16.1. The fraction of sp³-hybridized carbons (Fsp3) is 0.468. The monoisotopic (exact) mass is 1760 g/mol. The summed E-state index contributed by atoms with van der Waals surface area (Å²) in [4.78, 5) is 101. The molecule has 0 aromatic heterocycles. The quantitative estimate of drug-likeness (QED) is 0.0101. The van der Waals surface area contributed by atoms with Gasteiger partial charge in [-0.2, -0.15) is 0 Å². The van der Waals surface area contributed by atoms with E-state index in [-0.39, 0.29) is 112 Å². The number of carboxylic acids is 3. The number of aliphatic imine (C=N–C) groups is 5. The summed E-state index contributed by atoms with van der Waals surface area (Å²) < 4.78 is 61.8. The molecule has 119 heavy (non-hydrogen) atoms. The van der Waals surface area contributed by atoms with Gasteiger partial charge in [0.15, 0.2) is 27.7 Å². The summed E-state index contributed by atoms with van der Waals surface area (Å²) in [6, 6.07) is 23.5. The highest BCUT2D eigenvalue weighted by molar-refractivity contribution is 8.16. The summed E-state index contributed by atoms with van der Waals surface area (Å²) in [5.74, 6) is -0.828. The lowest BCUT2D eigenvalue weighted by Gasteiger charge is -2.16. The van der Waals surface area contributed by atoms with Crippen LogP contribution in [0.25, 0.3) is 0 Å². The van der Waals surface area contributed by atoms with E-state index in [0.717, 1.165) is 0 Å². The fourth-order valence-electron chi connectivity index (χ4n) is 10.1. The largest absolute Gasteiger partial charge is 0.508 e. The van der Waals surface area contributed by atoms with Crippen molar-refractivity contribution < 1.29 is 147 Å². The van der Waals surface area contributed by atoms with Crippen LogP contribution < -0.4 is 18.9 Å². The molecule has 0 spiro atoms. The van der Waals surface area contributed by atoms with Gasteiger partial charge >= 0.3 is 41.8 Å². The predicted molar refractivity (Wildman–Crippen MR) is 448 cm³/mol. The van der Waals surface area contributed by atoms with Crippen molar-refractivity contribution in [3.05, 3.63) is 119 Å². The third kappa shape index (κ3) is 29.9. The van der Waals surface area contributed by atoms with Crippen molar-refractivity contribution in [2.24, 2.45) is 25.0 Å². The second kappa shape index (κ2) is 47.9. The number of hydrogen-bond acceptors (Lipinski definition) is 37. The SMILES string of the molecule is CCOC(=O)COCCOc1ccc(C2=N[C@@](C)(C(=O)OCC)CS2)c(O)c1.CCOC(=O)[C@@]1(C)CSC(c2ccc(O)cc2O)=N1.CCOC(=O)[C@@]1(C)CSC(c2ccc(OCCOCCO)cc2O)=N1.C[C@]1(C(=O)O)CSC(c2ccc(OCCOCC(=O)O)cc2O)=N1.C[C@]1(C(=O)O)CSC(c2ccc(OCCOCCO)cc2O)=N1. The average Bonchev–Trinajstić information content (AvgIpc) is 1.69. The lowest BCUT2D eigenvalue weighted by atomic mass is 10.1. The number of aliphatic carboxylic acids is 3. The smallest absolute Gasteiger partial charge is 0.334 e. The number of ether oxygens (including phenoxy) is 12. The van der Waals surface area contributed by atoms with Gasteiger partial charge in [-0.25, -0.2) is 33.6 Å². The van der Waals surface area contributed by atoms with Gasteiger partial charge in [0.25, 0.3) is 0 Å². The van der Waals surface area contributed by atoms with Crippen molar-refractivity contribution in [2.45, 2.75) is 90.0 Å². The second-order valence-electron chi connectivity index (χ2n) is 26.5. The lowest BCUT2D eigenvalue weighted by Crippen LogP contribution is -2.35. The maximum absolute atomic E-state index is 12.1. The highest BCUT2D eigenvalue weighted by Crippen LogP contribution is 2.41. The molecule has 0 saturated carbocycles. The molecule has 5 aromatic carbocycles. The molecule has 650 valence electrons. The van der Waals surface area contributed by atoms with Gasteiger partial charge in [-0.3, -0.25) is 25.0 Å². The van der Waals surface area contributed by atoms with Crippen LogP contribution in [0.5, 0.6) is 57.5 Å². The number of aromatic hydroxyl groups is 6. The summed E-state index contributed by atoms with van der Waals surface area (Å²) in [7, 11) is 0. The lowest BCUT2D eigenvalue weighted by molar-refractivity contribution is -0.149. The molecule has 0 bridgehead atoms. The number of phenols is 6. The van der Waals surface area contributed by atoms with Gasteiger partial charge in [0.1, 0.15) is 122 Å². The molecule has 40 heteroatoms. The highest BCUT2D eigenvalue weighted by atomic mass is 32.2. The van der Waals surface area contributed by atoms with Crippen molar-refractivity contribution in [1.82, 2.24) is 0 Å². The molecular formula is C79H99N5O30S5. The Kier molecular flexibility index (Phi) is 39.5. The Morgan fingerprint density at radius 3 is 0.849 bits per heavy atom. The summed E-state index contributed by atoms with van der Waals surface area (Å²) in [5, 5.41) is 107. The third-order valence-electron chi connectivity index (χ3n) is 16.5. The van der Waals surface area contributed by atoms with Gasteiger partial charge in [0.05, 0.1) is 79.3 Å². The first kappa shape index (κ1) is 98.1. The number of carbonyl (C=O) groups is 7. The molecule has 0 amide bonds. The zero-order valence-corrected chi connectivity index (χ0v) is 71.0. The predicted octanol–water partition coefficient (Wildman–Crippen LogP) is 8.00. The minimum absolute atomic E-state index is 0.00398. The molecule has 0 radical (unpaired) electrons. The van der Waals surface area contributed by atoms with Gasteiger partial charge in [0, 0.05) is 86.9 Å². The number of esters is 4. The Balaban J connectivity index is 0.000000232. The maximum atomic E-state index is 12.1. The first-order valence-electron chi connectivity index (χ1n) is 37.0. The number of aliphatic hydroxyl groups is 2. The molecule has 0 saturated heterocycles. The molecule has 35 nitrogen and oxygen atoms in total. The van der Waals surface area contributed by atoms with Crippen LogP contribution in [0.15, 0.2) is 116 Å². The Labute approximate surface area is 707 Å². The standard InChI is InChI=1S/C19H25NO7S.C17H23NO6S.C15H17NO7S.C15H19NO6S.C13H15NO4S/c1-4-25-16(22)11-24-8-9-27-13-6-7-14(15(21)10-13)17-20-19(3,12-28-17)18(23)26-5-2;1-3-23-16(21)17(2)11-25-15(18-17)13-5-4-12(10-14(13)20)24-9-8-22-7-6-19;1-15(14(20)21)8-24-13(16-15)10-3-2-9(6-11(10)17)23-5-4-22-7-12(18)19;1-15(14(19)20)9-23-13(16-15)11-3-2-10(8-12(11)18)22-7-6-21-5-4-17;1-3-18-12(17)13(2)7-19-11(14-13)9-5-4-8(15)6-10(9)16/h6-7,10,21H,4-5,8-9,11-12H2,1-3H3;4-5,10,19-20H,3,6-9,11H2,1-2H3;2-3,6,17H,4-5,7-8H2,1H3,(H,18,19)(H,20,21);2-3,8,17-18H,4-7,9H2,1H3,(H,19,20);4-6,15-16H,3,7H2,1-2H3/t19-;17-;2*15-;13-/m11111/s1. The zero-order valence-electron chi connectivity index (χ0n) is 66.9. The molecule has 5 atom stereocenters. The van der Waals surface area contributed by atoms with Crippen LogP contribution in [0, 0.1) is 0 Å². The summed E-state index contributed by atoms with van der Waals surface area (Å²) in [5.41, 5.74) is -2.62. The van der Waals surface area contributed by atoms with E-state index < -0.39 is 58.2 Å². The van der Waals surface area contributed by atoms with Gasteiger partial charge < -0.3 is 113 Å². The van der Waals surface area contributed by atoms with Crippen molar-refractivity contribution >= 4 is 126 Å². The molecule has 5 aliphatic rings. The first-order valence-corrected chi connectivity index (χ1v) is 41.9. The van der Waals surface area contributed by atoms with Crippen LogP contribution in [0.3, 0.4) is 0 Å². The number of thioether (sulfide) groups is 5. The number of phenolic OH excluding ortho intramolecular Hbond substituents is 6. The van der Waals surface area contributed by atoms with E-state index >= 15 is 0 Å². The van der Waals surface area contributed by atoms with Crippen LogP contribution >= 0.6 is 58.8 Å². The van der Waals surface area contributed by atoms with Crippen molar-refractivity contribution in [3.63, 3.8) is 0 Å². The summed E-state index contributed by atoms with van der Waals surface area (Å²) in [6.07, 6.45) is 0. The van der Waals surface area contributed by atoms with Crippen LogP contribution in [0.1, 0.15) is 90.1 Å². The normalized spacial score (nSPS) is 19.9. The number of nitrogens with zero attached hydrogens (tertiary/aromatic N) is 5. The Morgan fingerprint density at radius 1 is 0.336 bits per heavy atom. The minimum Gasteiger partial charge on any atom is -0.508 e. The number of benzene rings is 5. The number of hydrogen-bond donors (Lipinski definition) is 11. The number of carbonyl (C=O) groups excluding carboxylic acids is 4. The molecule has 5 heterocycles. The van der Waals surface area contributed by atoms with Crippen LogP contribution in [0.4, 0.5) is 0 Å². The summed E-state index contributed by atoms with van der Waals surface area (Å²) in [6.45, 7) is 18.4. The van der Waals surface area contributed by atoms with E-state index in [0.29, 0.717) is 158 Å². The minimum atomic E-state index is -1.19. The van der Waals surface area contributed by atoms with E-state index in [1.165, 1.54) is 102 Å². The van der Waals surface area contributed by atoms with E-state index in [2.05, 4.69) is 25.0 Å². The molecule has 0 unspecified atom stereocenters. The molecule has 10 rings (SSSR count). The van der Waals surface area contributed by atoms with Gasteiger partial charge in [-0.05, 0) is 123 Å². The topological polar surface area (TPSA) is 515 Å². The maximum Gasteiger partial charge on any atom is 0.334 e.